The fraction of sp³-hybridized carbons (Fsp3) is 0.300. The number of ether oxygens (including phenoxy) is 1. The lowest BCUT2D eigenvalue weighted by atomic mass is 10.0. The standard InChI is InChI=1S/C20H20N2O3/c23-17-5-4-15-19(24)18(12-14-6-8-21-9-7-14)25-20(15)16(17)13-22-10-2-1-3-11-22/h4-9,12,23H,1-3,10-11,13H2/b18-12-. The van der Waals surface area contributed by atoms with Crippen LogP contribution in [0.25, 0.3) is 6.08 Å². The molecule has 0 atom stereocenters. The zero-order chi connectivity index (χ0) is 17.2. The minimum Gasteiger partial charge on any atom is -0.507 e. The first kappa shape index (κ1) is 15.8. The van der Waals surface area contributed by atoms with Gasteiger partial charge in [-0.1, -0.05) is 6.42 Å². The minimum absolute atomic E-state index is 0.147. The van der Waals surface area contributed by atoms with E-state index >= 15 is 0 Å². The first-order chi connectivity index (χ1) is 12.2. The van der Waals surface area contributed by atoms with Crippen LogP contribution in [-0.4, -0.2) is 33.9 Å². The number of likely N-dealkylation sites (tertiary alicyclic amines) is 1. The number of piperidine rings is 1. The van der Waals surface area contributed by atoms with Gasteiger partial charge in [-0.2, -0.15) is 0 Å². The second-order valence-corrected chi connectivity index (χ2v) is 6.50. The highest BCUT2D eigenvalue weighted by Gasteiger charge is 2.31. The quantitative estimate of drug-likeness (QED) is 0.871. The number of nitrogens with zero attached hydrogens (tertiary/aromatic N) is 2. The number of rotatable bonds is 3. The van der Waals surface area contributed by atoms with Crippen molar-refractivity contribution in [3.8, 4) is 11.5 Å². The van der Waals surface area contributed by atoms with Crippen LogP contribution in [0, 0.1) is 0 Å². The number of carbonyl (C=O) groups excluding carboxylic acids is 1. The number of phenolic OH excluding ortho intramolecular Hbond substituents is 1. The van der Waals surface area contributed by atoms with Crippen LogP contribution in [0.5, 0.6) is 11.5 Å². The summed E-state index contributed by atoms with van der Waals surface area (Å²) in [7, 11) is 0. The number of Topliss-reactive ketones (excluding diaryl/α,β-unsaturated/α-hetero) is 1. The number of benzene rings is 1. The SMILES string of the molecule is O=C1/C(=C/c2ccncc2)Oc2c1ccc(O)c2CN1CCCCC1. The summed E-state index contributed by atoms with van der Waals surface area (Å²) in [5.74, 6) is 0.816. The fourth-order valence-corrected chi connectivity index (χ4v) is 3.40. The Morgan fingerprint density at radius 3 is 2.64 bits per heavy atom. The maximum Gasteiger partial charge on any atom is 0.231 e. The Morgan fingerprint density at radius 2 is 1.88 bits per heavy atom. The van der Waals surface area contributed by atoms with E-state index in [9.17, 15) is 9.90 Å². The molecule has 0 spiro atoms. The van der Waals surface area contributed by atoms with Gasteiger partial charge in [0.15, 0.2) is 5.76 Å². The monoisotopic (exact) mass is 336 g/mol. The Balaban J connectivity index is 1.66. The normalized spacial score (nSPS) is 19.0. The minimum atomic E-state index is -0.147. The summed E-state index contributed by atoms with van der Waals surface area (Å²) >= 11 is 0. The Bertz CT molecular complexity index is 824. The molecule has 1 aromatic carbocycles. The maximum atomic E-state index is 12.7. The molecule has 1 N–H and O–H groups in total. The first-order valence-electron chi connectivity index (χ1n) is 8.64. The van der Waals surface area contributed by atoms with Crippen molar-refractivity contribution in [3.05, 3.63) is 59.1 Å². The molecule has 3 heterocycles. The van der Waals surface area contributed by atoms with Gasteiger partial charge in [0, 0.05) is 18.9 Å². The van der Waals surface area contributed by atoms with Crippen molar-refractivity contribution in [3.63, 3.8) is 0 Å². The van der Waals surface area contributed by atoms with E-state index in [1.807, 2.05) is 12.1 Å². The highest BCUT2D eigenvalue weighted by molar-refractivity contribution is 6.14. The highest BCUT2D eigenvalue weighted by atomic mass is 16.5. The zero-order valence-corrected chi connectivity index (χ0v) is 13.9. The van der Waals surface area contributed by atoms with Crippen LogP contribution in [0.4, 0.5) is 0 Å². The van der Waals surface area contributed by atoms with Crippen LogP contribution < -0.4 is 4.74 Å². The zero-order valence-electron chi connectivity index (χ0n) is 13.9. The topological polar surface area (TPSA) is 62.7 Å². The molecule has 5 heteroatoms. The molecule has 1 saturated heterocycles. The molecule has 0 unspecified atom stereocenters. The number of carbonyl (C=O) groups is 1. The lowest BCUT2D eigenvalue weighted by Crippen LogP contribution is -2.29. The van der Waals surface area contributed by atoms with Gasteiger partial charge >= 0.3 is 0 Å². The maximum absolute atomic E-state index is 12.7. The summed E-state index contributed by atoms with van der Waals surface area (Å²) < 4.78 is 5.88. The molecule has 25 heavy (non-hydrogen) atoms. The van der Waals surface area contributed by atoms with Gasteiger partial charge in [-0.05, 0) is 61.8 Å². The van der Waals surface area contributed by atoms with Gasteiger partial charge < -0.3 is 9.84 Å². The number of phenols is 1. The third-order valence-electron chi connectivity index (χ3n) is 4.75. The van der Waals surface area contributed by atoms with Crippen LogP contribution in [-0.2, 0) is 6.54 Å². The van der Waals surface area contributed by atoms with Gasteiger partial charge in [0.25, 0.3) is 0 Å². The number of fused-ring (bicyclic) bond motifs is 1. The summed E-state index contributed by atoms with van der Waals surface area (Å²) in [5, 5.41) is 10.3. The molecule has 0 radical (unpaired) electrons. The summed E-state index contributed by atoms with van der Waals surface area (Å²) in [6.45, 7) is 2.62. The molecule has 0 saturated carbocycles. The van der Waals surface area contributed by atoms with Gasteiger partial charge in [0.2, 0.25) is 5.78 Å². The molecule has 5 nitrogen and oxygen atoms in total. The van der Waals surface area contributed by atoms with E-state index in [-0.39, 0.29) is 17.3 Å². The Morgan fingerprint density at radius 1 is 1.12 bits per heavy atom. The Hall–Kier alpha value is -2.66. The number of pyridine rings is 1. The van der Waals surface area contributed by atoms with Crippen molar-refractivity contribution in [2.24, 2.45) is 0 Å². The van der Waals surface area contributed by atoms with E-state index in [4.69, 9.17) is 4.74 Å². The number of allylic oxidation sites excluding steroid dienone is 1. The molecule has 128 valence electrons. The average Bonchev–Trinajstić information content (AvgIpc) is 2.95. The van der Waals surface area contributed by atoms with Crippen molar-refractivity contribution < 1.29 is 14.6 Å². The van der Waals surface area contributed by atoms with Crippen LogP contribution in [0.15, 0.2) is 42.4 Å². The molecule has 0 bridgehead atoms. The molecule has 2 aliphatic rings. The van der Waals surface area contributed by atoms with Gasteiger partial charge in [-0.25, -0.2) is 0 Å². The van der Waals surface area contributed by atoms with Crippen molar-refractivity contribution in [2.45, 2.75) is 25.8 Å². The van der Waals surface area contributed by atoms with E-state index in [0.29, 0.717) is 23.4 Å². The van der Waals surface area contributed by atoms with Crippen molar-refractivity contribution >= 4 is 11.9 Å². The van der Waals surface area contributed by atoms with E-state index in [2.05, 4.69) is 9.88 Å². The van der Waals surface area contributed by atoms with E-state index in [1.54, 1.807) is 30.6 Å². The molecule has 0 amide bonds. The summed E-state index contributed by atoms with van der Waals surface area (Å²) in [4.78, 5) is 18.9. The second-order valence-electron chi connectivity index (χ2n) is 6.50. The van der Waals surface area contributed by atoms with Crippen LogP contribution >= 0.6 is 0 Å². The Labute approximate surface area is 146 Å². The van der Waals surface area contributed by atoms with Gasteiger partial charge in [0.1, 0.15) is 11.5 Å². The second kappa shape index (κ2) is 6.69. The van der Waals surface area contributed by atoms with E-state index in [1.165, 1.54) is 19.3 Å². The van der Waals surface area contributed by atoms with Crippen LogP contribution in [0.2, 0.25) is 0 Å². The van der Waals surface area contributed by atoms with Gasteiger partial charge in [-0.15, -0.1) is 0 Å². The fourth-order valence-electron chi connectivity index (χ4n) is 3.40. The molecule has 4 rings (SSSR count). The van der Waals surface area contributed by atoms with Crippen molar-refractivity contribution in [1.82, 2.24) is 9.88 Å². The largest absolute Gasteiger partial charge is 0.507 e. The number of ketones is 1. The first-order valence-corrected chi connectivity index (χ1v) is 8.64. The lowest BCUT2D eigenvalue weighted by Gasteiger charge is -2.27. The molecule has 1 fully saturated rings. The van der Waals surface area contributed by atoms with Crippen LogP contribution in [0.3, 0.4) is 0 Å². The van der Waals surface area contributed by atoms with Gasteiger partial charge in [0.05, 0.1) is 11.1 Å². The predicted molar refractivity (Wildman–Crippen MR) is 94.4 cm³/mol. The smallest absolute Gasteiger partial charge is 0.231 e. The molecular formula is C20H20N2O3. The third kappa shape index (κ3) is 3.15. The van der Waals surface area contributed by atoms with Crippen molar-refractivity contribution in [1.29, 1.82) is 0 Å². The van der Waals surface area contributed by atoms with E-state index in [0.717, 1.165) is 18.7 Å². The highest BCUT2D eigenvalue weighted by Crippen LogP contribution is 2.40. The Kier molecular flexibility index (Phi) is 4.24. The number of hydrogen-bond acceptors (Lipinski definition) is 5. The van der Waals surface area contributed by atoms with Gasteiger partial charge in [-0.3, -0.25) is 14.7 Å². The molecule has 0 aliphatic carbocycles. The van der Waals surface area contributed by atoms with Crippen LogP contribution in [0.1, 0.15) is 40.7 Å². The lowest BCUT2D eigenvalue weighted by molar-refractivity contribution is 0.101. The molecule has 1 aromatic heterocycles. The van der Waals surface area contributed by atoms with Crippen molar-refractivity contribution in [2.75, 3.05) is 13.1 Å². The molecule has 2 aliphatic heterocycles. The number of hydrogen-bond donors (Lipinski definition) is 1. The summed E-state index contributed by atoms with van der Waals surface area (Å²) in [6, 6.07) is 6.87. The molecule has 2 aromatic rings. The number of aromatic nitrogens is 1. The summed E-state index contributed by atoms with van der Waals surface area (Å²) in [6.07, 6.45) is 8.65. The predicted octanol–water partition coefficient (Wildman–Crippen LogP) is 3.39. The molecular weight excluding hydrogens is 316 g/mol. The number of aromatic hydroxyl groups is 1. The third-order valence-corrected chi connectivity index (χ3v) is 4.75. The summed E-state index contributed by atoms with van der Waals surface area (Å²) in [5.41, 5.74) is 2.07. The van der Waals surface area contributed by atoms with E-state index < -0.39 is 0 Å². The average molecular weight is 336 g/mol.